The van der Waals surface area contributed by atoms with E-state index in [0.717, 1.165) is 6.42 Å². The number of aromatic hydroxyl groups is 1. The minimum absolute atomic E-state index is 0.0200. The van der Waals surface area contributed by atoms with Crippen molar-refractivity contribution in [1.82, 2.24) is 25.3 Å². The smallest absolute Gasteiger partial charge is 0.249 e. The summed E-state index contributed by atoms with van der Waals surface area (Å²) in [4.78, 5) is 60.4. The molecule has 236 valence electrons. The highest BCUT2D eigenvalue weighted by atomic mass is 16.5. The first-order valence-electron chi connectivity index (χ1n) is 15.5. The van der Waals surface area contributed by atoms with Gasteiger partial charge in [0, 0.05) is 31.3 Å². The van der Waals surface area contributed by atoms with Gasteiger partial charge in [-0.3, -0.25) is 24.1 Å². The number of nitrogens with one attached hydrogen (secondary N) is 2. The number of rotatable bonds is 8. The Morgan fingerprint density at radius 2 is 1.84 bits per heavy atom. The predicted molar refractivity (Wildman–Crippen MR) is 163 cm³/mol. The van der Waals surface area contributed by atoms with E-state index in [1.165, 1.54) is 12.3 Å². The maximum Gasteiger partial charge on any atom is 0.249 e. The van der Waals surface area contributed by atoms with Gasteiger partial charge in [0.05, 0.1) is 6.04 Å². The van der Waals surface area contributed by atoms with Gasteiger partial charge in [-0.15, -0.1) is 0 Å². The van der Waals surface area contributed by atoms with E-state index < -0.39 is 30.3 Å². The largest absolute Gasteiger partial charge is 0.507 e. The molecule has 0 aromatic heterocycles. The number of hydrogen-bond donors (Lipinski definition) is 3. The third-order valence-corrected chi connectivity index (χ3v) is 9.28. The number of likely N-dealkylation sites (N-methyl/N-ethyl adjacent to an activating group) is 1. The van der Waals surface area contributed by atoms with Crippen molar-refractivity contribution in [1.29, 1.82) is 0 Å². The van der Waals surface area contributed by atoms with Crippen LogP contribution in [0.3, 0.4) is 0 Å². The number of carbonyl (C=O) groups is 4. The quantitative estimate of drug-likeness (QED) is 0.419. The molecule has 43 heavy (non-hydrogen) atoms. The van der Waals surface area contributed by atoms with Crippen molar-refractivity contribution in [3.63, 3.8) is 0 Å². The number of nitrogens with zero attached hydrogens (tertiary/aromatic N) is 3. The molecule has 2 fully saturated rings. The first kappa shape index (κ1) is 32.3. The van der Waals surface area contributed by atoms with Crippen LogP contribution in [0.1, 0.15) is 65.4 Å². The molecule has 3 aliphatic rings. The molecule has 2 bridgehead atoms. The van der Waals surface area contributed by atoms with E-state index >= 15 is 0 Å². The van der Waals surface area contributed by atoms with Crippen molar-refractivity contribution >= 4 is 29.7 Å². The molecule has 0 spiro atoms. The molecule has 3 heterocycles. The molecule has 4 rings (SSSR count). The van der Waals surface area contributed by atoms with Crippen molar-refractivity contribution in [3.05, 3.63) is 30.0 Å². The van der Waals surface area contributed by atoms with Gasteiger partial charge in [-0.25, -0.2) is 0 Å². The summed E-state index contributed by atoms with van der Waals surface area (Å²) in [7, 11) is 3.72. The van der Waals surface area contributed by atoms with Gasteiger partial charge < -0.3 is 30.3 Å². The Morgan fingerprint density at radius 1 is 1.12 bits per heavy atom. The molecule has 3 N–H and O–H groups in total. The van der Waals surface area contributed by atoms with E-state index in [9.17, 15) is 24.3 Å². The molecule has 0 aliphatic carbocycles. The van der Waals surface area contributed by atoms with E-state index in [-0.39, 0.29) is 47.8 Å². The van der Waals surface area contributed by atoms with Crippen LogP contribution in [0.2, 0.25) is 0 Å². The van der Waals surface area contributed by atoms with Crippen molar-refractivity contribution in [2.75, 3.05) is 27.2 Å². The van der Waals surface area contributed by atoms with Crippen molar-refractivity contribution in [3.8, 4) is 11.5 Å². The first-order chi connectivity index (χ1) is 20.5. The molecule has 2 saturated heterocycles. The lowest BCUT2D eigenvalue weighted by atomic mass is 9.94. The zero-order valence-electron chi connectivity index (χ0n) is 26.2. The number of likely N-dealkylation sites (tertiary alicyclic amines) is 1. The molecule has 11 heteroatoms. The number of phenolic OH excluding ortho intramolecular Hbond substituents is 1. The molecule has 1 aromatic rings. The van der Waals surface area contributed by atoms with Crippen LogP contribution >= 0.6 is 0 Å². The van der Waals surface area contributed by atoms with Gasteiger partial charge in [-0.2, -0.15) is 0 Å². The highest BCUT2D eigenvalue weighted by Gasteiger charge is 2.50. The summed E-state index contributed by atoms with van der Waals surface area (Å²) in [6.07, 6.45) is 5.38. The lowest BCUT2D eigenvalue weighted by Crippen LogP contribution is -2.61. The molecule has 7 atom stereocenters. The summed E-state index contributed by atoms with van der Waals surface area (Å²) in [6, 6.07) is 1.85. The molecule has 3 aliphatic heterocycles. The van der Waals surface area contributed by atoms with E-state index in [1.807, 2.05) is 46.7 Å². The predicted octanol–water partition coefficient (Wildman–Crippen LogP) is 2.34. The molecule has 0 unspecified atom stereocenters. The number of hydrogen-bond acceptors (Lipinski definition) is 7. The van der Waals surface area contributed by atoms with Crippen LogP contribution in [0, 0.1) is 11.8 Å². The summed E-state index contributed by atoms with van der Waals surface area (Å²) >= 11 is 0. The van der Waals surface area contributed by atoms with E-state index in [0.29, 0.717) is 43.5 Å². The molecule has 11 nitrogen and oxygen atoms in total. The second-order valence-electron chi connectivity index (χ2n) is 12.3. The zero-order valence-corrected chi connectivity index (χ0v) is 26.2. The molecular weight excluding hydrogens is 550 g/mol. The lowest BCUT2D eigenvalue weighted by molar-refractivity contribution is -0.150. The number of fused-ring (bicyclic) bond motifs is 4. The number of phenols is 1. The molecule has 0 radical (unpaired) electrons. The van der Waals surface area contributed by atoms with Gasteiger partial charge in [0.1, 0.15) is 35.7 Å². The average Bonchev–Trinajstić information content (AvgIpc) is 3.63. The second-order valence-corrected chi connectivity index (χ2v) is 12.3. The Labute approximate surface area is 254 Å². The van der Waals surface area contributed by atoms with Crippen LogP contribution in [-0.4, -0.2) is 101 Å². The average molecular weight is 598 g/mol. The zero-order chi connectivity index (χ0) is 31.4. The van der Waals surface area contributed by atoms with Crippen LogP contribution in [-0.2, 0) is 19.2 Å². The number of benzene rings is 1. The fourth-order valence-electron chi connectivity index (χ4n) is 6.45. The van der Waals surface area contributed by atoms with Crippen LogP contribution in [0.25, 0.3) is 6.08 Å². The minimum atomic E-state index is -0.977. The topological polar surface area (TPSA) is 132 Å². The van der Waals surface area contributed by atoms with Gasteiger partial charge in [-0.05, 0) is 63.0 Å². The minimum Gasteiger partial charge on any atom is -0.507 e. The SMILES string of the molecule is CC[C@@H](C)[C@@H](C(=O)N[C@@H](C(=O)N1CC[C@H]2Oc3ccc(O)c(c3)C=CNC(=O)[C@H]3CCCN3C(=O)[C@@H]21)[C@@H](C)CC)N(C)C. The highest BCUT2D eigenvalue weighted by molar-refractivity contribution is 5.96. The van der Waals surface area contributed by atoms with Gasteiger partial charge in [0.2, 0.25) is 23.6 Å². The van der Waals surface area contributed by atoms with Crippen LogP contribution < -0.4 is 15.4 Å². The number of ether oxygens (including phenoxy) is 1. The Morgan fingerprint density at radius 3 is 2.51 bits per heavy atom. The van der Waals surface area contributed by atoms with Gasteiger partial charge in [0.15, 0.2) is 0 Å². The lowest BCUT2D eigenvalue weighted by Gasteiger charge is -2.36. The summed E-state index contributed by atoms with van der Waals surface area (Å²) in [5.41, 5.74) is 0.449. The standard InChI is InChI=1S/C32H47N5O6/c1-7-19(3)26(34-30(40)27(35(5)6)20(4)8-2)31(41)37-17-14-25-28(37)32(42)36-16-9-10-23(36)29(39)33-15-13-21-18-22(43-25)11-12-24(21)38/h11-13,15,18-20,23,25-28,38H,7-10,14,16-17H2,1-6H3,(H,33,39)(H,34,40)/t19-,20+,23+,25+,26+,27-,28+/m0/s1. The summed E-state index contributed by atoms with van der Waals surface area (Å²) in [5.74, 6) is -0.855. The van der Waals surface area contributed by atoms with Crippen LogP contribution in [0.15, 0.2) is 24.4 Å². The Bertz CT molecular complexity index is 1230. The summed E-state index contributed by atoms with van der Waals surface area (Å²) < 4.78 is 6.35. The van der Waals surface area contributed by atoms with Crippen LogP contribution in [0.5, 0.6) is 11.5 Å². The third kappa shape index (κ3) is 6.82. The highest BCUT2D eigenvalue weighted by Crippen LogP contribution is 2.32. The summed E-state index contributed by atoms with van der Waals surface area (Å²) in [5, 5.41) is 16.1. The maximum atomic E-state index is 14.4. The normalized spacial score (nSPS) is 24.9. The molecule has 0 saturated carbocycles. The van der Waals surface area contributed by atoms with Crippen LogP contribution in [0.4, 0.5) is 0 Å². The van der Waals surface area contributed by atoms with Gasteiger partial charge >= 0.3 is 0 Å². The molecule has 1 aromatic carbocycles. The first-order valence-corrected chi connectivity index (χ1v) is 15.5. The monoisotopic (exact) mass is 597 g/mol. The van der Waals surface area contributed by atoms with Crippen molar-refractivity contribution in [2.45, 2.75) is 90.1 Å². The summed E-state index contributed by atoms with van der Waals surface area (Å²) in [6.45, 7) is 8.61. The Hall–Kier alpha value is -3.60. The maximum absolute atomic E-state index is 14.4. The van der Waals surface area contributed by atoms with E-state index in [4.69, 9.17) is 4.74 Å². The molecular formula is C32H47N5O6. The fraction of sp³-hybridized carbons (Fsp3) is 0.625. The van der Waals surface area contributed by atoms with E-state index in [1.54, 1.807) is 28.0 Å². The third-order valence-electron chi connectivity index (χ3n) is 9.28. The van der Waals surface area contributed by atoms with Crippen molar-refractivity contribution < 1.29 is 29.0 Å². The molecule has 4 amide bonds. The fourth-order valence-corrected chi connectivity index (χ4v) is 6.45. The van der Waals surface area contributed by atoms with Gasteiger partial charge in [-0.1, -0.05) is 40.5 Å². The second kappa shape index (κ2) is 13.8. The number of carbonyl (C=O) groups excluding carboxylic acids is 4. The van der Waals surface area contributed by atoms with Gasteiger partial charge in [0.25, 0.3) is 0 Å². The Kier molecular flexibility index (Phi) is 10.4. The van der Waals surface area contributed by atoms with E-state index in [2.05, 4.69) is 10.6 Å². The number of amides is 4. The van der Waals surface area contributed by atoms with Crippen molar-refractivity contribution in [2.24, 2.45) is 11.8 Å². The Balaban J connectivity index is 1.70.